The van der Waals surface area contributed by atoms with Crippen molar-refractivity contribution >= 4 is 106 Å². The molecule has 0 bridgehead atoms. The van der Waals surface area contributed by atoms with Crippen LogP contribution in [-0.2, 0) is 0 Å². The molecule has 0 radical (unpaired) electrons. The molecule has 64 heavy (non-hydrogen) atoms. The van der Waals surface area contributed by atoms with E-state index in [1.807, 2.05) is 23.6 Å². The lowest BCUT2D eigenvalue weighted by molar-refractivity contribution is 1.20. The summed E-state index contributed by atoms with van der Waals surface area (Å²) in [6, 6.07) is 87.8. The van der Waals surface area contributed by atoms with E-state index in [1.54, 1.807) is 0 Å². The van der Waals surface area contributed by atoms with E-state index in [0.29, 0.717) is 0 Å². The number of anilines is 3. The Bertz CT molecular complexity index is 3370. The largest absolute Gasteiger partial charge is 0.295 e. The zero-order valence-electron chi connectivity index (χ0n) is 34.9. The minimum Gasteiger partial charge on any atom is -0.295 e. The SMILES string of the molecule is c1ccc([Si](c2ccccc2)(c2cccc(-c3ccccn3)c2)c2cccc(N3c4ccccc4[Si](c4ccccc4)(c4ccccc4)c4c3ncc3sc5ccccc5c43)c2)cc1. The van der Waals surface area contributed by atoms with Gasteiger partial charge in [0.05, 0.1) is 10.4 Å². The van der Waals surface area contributed by atoms with Gasteiger partial charge in [-0.05, 0) is 72.7 Å². The lowest BCUT2D eigenvalue weighted by Gasteiger charge is -2.45. The number of hydrogen-bond donors (Lipinski definition) is 0. The van der Waals surface area contributed by atoms with Crippen LogP contribution in [0.1, 0.15) is 0 Å². The first-order chi connectivity index (χ1) is 31.8. The van der Waals surface area contributed by atoms with Crippen molar-refractivity contribution in [3.05, 3.63) is 249 Å². The zero-order chi connectivity index (χ0) is 42.5. The lowest BCUT2D eigenvalue weighted by Crippen LogP contribution is -2.77. The summed E-state index contributed by atoms with van der Waals surface area (Å²) in [4.78, 5) is 12.9. The van der Waals surface area contributed by atoms with Gasteiger partial charge in [0.1, 0.15) is 5.82 Å². The molecule has 3 nitrogen and oxygen atoms in total. The Kier molecular flexibility index (Phi) is 9.37. The van der Waals surface area contributed by atoms with Crippen LogP contribution in [0.25, 0.3) is 31.4 Å². The average Bonchev–Trinajstić information content (AvgIpc) is 3.77. The summed E-state index contributed by atoms with van der Waals surface area (Å²) in [7, 11) is -6.05. The Labute approximate surface area is 379 Å². The van der Waals surface area contributed by atoms with Crippen LogP contribution in [0.3, 0.4) is 0 Å². The normalized spacial score (nSPS) is 13.1. The Hall–Kier alpha value is -7.49. The second kappa shape index (κ2) is 15.7. The van der Waals surface area contributed by atoms with E-state index in [4.69, 9.17) is 9.97 Å². The quantitative estimate of drug-likeness (QED) is 0.113. The van der Waals surface area contributed by atoms with E-state index in [0.717, 1.165) is 22.8 Å². The highest BCUT2D eigenvalue weighted by molar-refractivity contribution is 7.28. The maximum absolute atomic E-state index is 5.63. The van der Waals surface area contributed by atoms with Gasteiger partial charge in [-0.2, -0.15) is 0 Å². The molecule has 1 aliphatic rings. The van der Waals surface area contributed by atoms with E-state index in [9.17, 15) is 0 Å². The number of hydrogen-bond acceptors (Lipinski definition) is 4. The molecule has 0 atom stereocenters. The molecule has 0 spiro atoms. The van der Waals surface area contributed by atoms with Crippen molar-refractivity contribution in [2.75, 3.05) is 4.90 Å². The van der Waals surface area contributed by atoms with E-state index in [-0.39, 0.29) is 0 Å². The van der Waals surface area contributed by atoms with E-state index < -0.39 is 16.1 Å². The van der Waals surface area contributed by atoms with Gasteiger partial charge in [0.2, 0.25) is 0 Å². The van der Waals surface area contributed by atoms with Crippen LogP contribution in [0.15, 0.2) is 249 Å². The summed E-state index contributed by atoms with van der Waals surface area (Å²) in [6.45, 7) is 0. The molecular formula is C58H41N3SSi2. The van der Waals surface area contributed by atoms with Crippen LogP contribution < -0.4 is 46.4 Å². The molecule has 0 saturated carbocycles. The van der Waals surface area contributed by atoms with Gasteiger partial charge in [0, 0.05) is 50.0 Å². The Morgan fingerprint density at radius 2 is 1.03 bits per heavy atom. The molecule has 0 N–H and O–H groups in total. The summed E-state index contributed by atoms with van der Waals surface area (Å²) in [5.41, 5.74) is 4.33. The van der Waals surface area contributed by atoms with Crippen LogP contribution in [-0.4, -0.2) is 26.1 Å². The predicted molar refractivity (Wildman–Crippen MR) is 276 cm³/mol. The first kappa shape index (κ1) is 38.2. The summed E-state index contributed by atoms with van der Waals surface area (Å²) in [6.07, 6.45) is 4.02. The minimum absolute atomic E-state index is 0.964. The van der Waals surface area contributed by atoms with Gasteiger partial charge in [0.15, 0.2) is 16.1 Å². The van der Waals surface area contributed by atoms with E-state index >= 15 is 0 Å². The van der Waals surface area contributed by atoms with Crippen molar-refractivity contribution in [1.82, 2.24) is 9.97 Å². The third-order valence-electron chi connectivity index (χ3n) is 13.2. The number of nitrogens with zero attached hydrogens (tertiary/aromatic N) is 3. The average molecular weight is 868 g/mol. The van der Waals surface area contributed by atoms with Gasteiger partial charge in [-0.1, -0.05) is 200 Å². The monoisotopic (exact) mass is 867 g/mol. The zero-order valence-corrected chi connectivity index (χ0v) is 37.7. The van der Waals surface area contributed by atoms with Crippen molar-refractivity contribution in [2.24, 2.45) is 0 Å². The summed E-state index contributed by atoms with van der Waals surface area (Å²) in [5, 5.41) is 13.2. The number of para-hydroxylation sites is 1. The number of pyridine rings is 2. The van der Waals surface area contributed by atoms with E-state index in [1.165, 1.54) is 67.4 Å². The number of fused-ring (bicyclic) bond motifs is 6. The van der Waals surface area contributed by atoms with Gasteiger partial charge >= 0.3 is 0 Å². The molecule has 4 heterocycles. The van der Waals surface area contributed by atoms with Crippen molar-refractivity contribution in [3.8, 4) is 11.3 Å². The third-order valence-corrected chi connectivity index (χ3v) is 23.9. The van der Waals surface area contributed by atoms with Crippen molar-refractivity contribution in [1.29, 1.82) is 0 Å². The number of benzene rings is 8. The van der Waals surface area contributed by atoms with Crippen LogP contribution in [0.5, 0.6) is 0 Å². The molecule has 11 aromatic rings. The van der Waals surface area contributed by atoms with E-state index in [2.05, 4.69) is 242 Å². The fourth-order valence-corrected chi connectivity index (χ4v) is 21.8. The van der Waals surface area contributed by atoms with Gasteiger partial charge in [-0.15, -0.1) is 11.3 Å². The smallest absolute Gasteiger partial charge is 0.187 e. The number of aromatic nitrogens is 2. The maximum atomic E-state index is 5.63. The highest BCUT2D eigenvalue weighted by Gasteiger charge is 2.51. The van der Waals surface area contributed by atoms with Crippen molar-refractivity contribution < 1.29 is 0 Å². The molecule has 0 amide bonds. The van der Waals surface area contributed by atoms with Crippen LogP contribution in [0, 0.1) is 0 Å². The molecule has 0 aliphatic carbocycles. The highest BCUT2D eigenvalue weighted by Crippen LogP contribution is 2.42. The molecule has 0 unspecified atom stereocenters. The fourth-order valence-electron chi connectivity index (χ4n) is 10.6. The second-order valence-electron chi connectivity index (χ2n) is 16.5. The standard InChI is InChI=1S/C58H41N3SSi2/c1-5-23-44(24-6-1)63(45-25-7-2-8-26-45,48-31-19-21-42(39-48)51-34-17-18-38-59-51)49-32-20-22-43(40-49)61-52-35-14-16-37-55(52)64(46-27-9-3-10-28-46,47-29-11-4-12-30-47)57-56-50-33-13-15-36-53(50)62-54(56)41-60-58(57)61/h1-41H. The molecule has 1 aliphatic heterocycles. The van der Waals surface area contributed by atoms with Crippen LogP contribution in [0.2, 0.25) is 0 Å². The van der Waals surface area contributed by atoms with Gasteiger partial charge in [-0.25, -0.2) is 4.98 Å². The van der Waals surface area contributed by atoms with Crippen molar-refractivity contribution in [2.45, 2.75) is 0 Å². The van der Waals surface area contributed by atoms with Gasteiger partial charge in [-0.3, -0.25) is 9.88 Å². The topological polar surface area (TPSA) is 29.0 Å². The Morgan fingerprint density at radius 1 is 0.453 bits per heavy atom. The molecule has 0 fully saturated rings. The molecule has 6 heteroatoms. The summed E-state index contributed by atoms with van der Waals surface area (Å²) in [5.74, 6) is 0.995. The molecule has 3 aromatic heterocycles. The Balaban J connectivity index is 1.19. The highest BCUT2D eigenvalue weighted by atomic mass is 32.1. The summed E-state index contributed by atoms with van der Waals surface area (Å²) < 4.78 is 2.49. The molecule has 0 saturated heterocycles. The lowest BCUT2D eigenvalue weighted by atomic mass is 10.1. The fraction of sp³-hybridized carbons (Fsp3) is 0. The molecule has 302 valence electrons. The maximum Gasteiger partial charge on any atom is 0.187 e. The Morgan fingerprint density at radius 3 is 1.72 bits per heavy atom. The second-order valence-corrected chi connectivity index (χ2v) is 25.0. The van der Waals surface area contributed by atoms with Crippen LogP contribution >= 0.6 is 11.3 Å². The number of thiophene rings is 1. The molecule has 12 rings (SSSR count). The van der Waals surface area contributed by atoms with Gasteiger partial charge < -0.3 is 0 Å². The molecule has 8 aromatic carbocycles. The third kappa shape index (κ3) is 5.84. The van der Waals surface area contributed by atoms with Crippen molar-refractivity contribution in [3.63, 3.8) is 0 Å². The van der Waals surface area contributed by atoms with Gasteiger partial charge in [0.25, 0.3) is 0 Å². The first-order valence-corrected chi connectivity index (χ1v) is 26.6. The predicted octanol–water partition coefficient (Wildman–Crippen LogP) is 9.05. The number of rotatable bonds is 8. The molecular weight excluding hydrogens is 827 g/mol. The summed E-state index contributed by atoms with van der Waals surface area (Å²) >= 11 is 1.84. The minimum atomic E-state index is -3.04. The first-order valence-electron chi connectivity index (χ1n) is 21.8. The van der Waals surface area contributed by atoms with Crippen LogP contribution in [0.4, 0.5) is 17.2 Å².